The number of likely N-dealkylation sites (tertiary alicyclic amines) is 1. The standard InChI is InChI=1S/C26H25NO6.C18H10O5/c28-12-9-16-7-10-27(11-8-16)15-21-22(29)6-5-18-19(14-24(30)33-25(18)21)20-13-17-3-1-2-4-23(17)32-26(20)31;19-11-5-6-12-13(9-17(20)22-16(12)8-11)14-7-10-3-1-2-4-15(10)23-18(14)21/h1-6,13-14,16,28-29H,7-12,15H2;1-9,19H. The van der Waals surface area contributed by atoms with E-state index < -0.39 is 22.5 Å². The van der Waals surface area contributed by atoms with Gasteiger partial charge < -0.3 is 33.0 Å². The van der Waals surface area contributed by atoms with Crippen LogP contribution in [0, 0.1) is 5.92 Å². The largest absolute Gasteiger partial charge is 0.508 e. The first-order chi connectivity index (χ1) is 27.1. The molecule has 1 fully saturated rings. The minimum atomic E-state index is -0.606. The quantitative estimate of drug-likeness (QED) is 0.146. The summed E-state index contributed by atoms with van der Waals surface area (Å²) < 4.78 is 21.4. The molecule has 1 saturated heterocycles. The van der Waals surface area contributed by atoms with E-state index in [0.717, 1.165) is 43.1 Å². The van der Waals surface area contributed by atoms with E-state index in [9.17, 15) is 34.5 Å². The van der Waals surface area contributed by atoms with E-state index >= 15 is 0 Å². The molecule has 56 heavy (non-hydrogen) atoms. The lowest BCUT2D eigenvalue weighted by atomic mass is 9.93. The van der Waals surface area contributed by atoms with Gasteiger partial charge in [0.2, 0.25) is 0 Å². The molecule has 282 valence electrons. The summed E-state index contributed by atoms with van der Waals surface area (Å²) in [7, 11) is 0. The third-order valence-corrected chi connectivity index (χ3v) is 10.2. The van der Waals surface area contributed by atoms with Crippen LogP contribution in [-0.2, 0) is 6.54 Å². The zero-order valence-corrected chi connectivity index (χ0v) is 29.9. The molecular weight excluding hydrogens is 718 g/mol. The predicted molar refractivity (Wildman–Crippen MR) is 211 cm³/mol. The van der Waals surface area contributed by atoms with E-state index in [1.54, 1.807) is 54.6 Å². The average molecular weight is 754 g/mol. The number of aromatic hydroxyl groups is 2. The number of benzene rings is 4. The van der Waals surface area contributed by atoms with E-state index in [-0.39, 0.29) is 40.4 Å². The fourth-order valence-electron chi connectivity index (χ4n) is 7.36. The molecule has 3 N–H and O–H groups in total. The second-order valence-corrected chi connectivity index (χ2v) is 13.8. The van der Waals surface area contributed by atoms with Crippen molar-refractivity contribution in [3.05, 3.63) is 150 Å². The summed E-state index contributed by atoms with van der Waals surface area (Å²) >= 11 is 0. The fourth-order valence-corrected chi connectivity index (χ4v) is 7.36. The summed E-state index contributed by atoms with van der Waals surface area (Å²) in [5, 5.41) is 32.0. The second kappa shape index (κ2) is 15.2. The molecule has 0 atom stereocenters. The Morgan fingerprint density at radius 3 is 1.79 bits per heavy atom. The van der Waals surface area contributed by atoms with E-state index in [1.807, 2.05) is 24.3 Å². The number of nitrogens with zero attached hydrogens (tertiary/aromatic N) is 1. The van der Waals surface area contributed by atoms with Crippen molar-refractivity contribution >= 4 is 43.9 Å². The van der Waals surface area contributed by atoms with Gasteiger partial charge in [-0.2, -0.15) is 0 Å². The number of phenolic OH excluding ortho intramolecular Hbond substituents is 2. The zero-order valence-electron chi connectivity index (χ0n) is 29.9. The Balaban J connectivity index is 0.000000168. The van der Waals surface area contributed by atoms with Gasteiger partial charge in [0.1, 0.15) is 33.8 Å². The highest BCUT2D eigenvalue weighted by molar-refractivity contribution is 5.97. The lowest BCUT2D eigenvalue weighted by molar-refractivity contribution is 0.152. The van der Waals surface area contributed by atoms with Crippen molar-refractivity contribution in [2.75, 3.05) is 19.7 Å². The Labute approximate surface area is 316 Å². The number of hydrogen-bond acceptors (Lipinski definition) is 12. The van der Waals surface area contributed by atoms with Crippen LogP contribution in [0.25, 0.3) is 66.1 Å². The highest BCUT2D eigenvalue weighted by Gasteiger charge is 2.23. The fraction of sp³-hybridized carbons (Fsp3) is 0.182. The molecule has 0 radical (unpaired) electrons. The molecular formula is C44H35NO11. The minimum Gasteiger partial charge on any atom is -0.508 e. The van der Waals surface area contributed by atoms with E-state index in [1.165, 1.54) is 24.3 Å². The van der Waals surface area contributed by atoms with Crippen molar-refractivity contribution < 1.29 is 33.0 Å². The maximum atomic E-state index is 12.8. The molecule has 4 aromatic heterocycles. The molecule has 0 bridgehead atoms. The molecule has 9 rings (SSSR count). The van der Waals surface area contributed by atoms with Gasteiger partial charge in [0.05, 0.1) is 16.7 Å². The highest BCUT2D eigenvalue weighted by Crippen LogP contribution is 2.35. The van der Waals surface area contributed by atoms with Gasteiger partial charge in [0.25, 0.3) is 0 Å². The van der Waals surface area contributed by atoms with Gasteiger partial charge in [-0.05, 0) is 86.8 Å². The molecule has 0 unspecified atom stereocenters. The minimum absolute atomic E-state index is 0.0247. The average Bonchev–Trinajstić information content (AvgIpc) is 3.19. The predicted octanol–water partition coefficient (Wildman–Crippen LogP) is 7.14. The zero-order chi connectivity index (χ0) is 38.9. The monoisotopic (exact) mass is 753 g/mol. The molecule has 0 aliphatic carbocycles. The van der Waals surface area contributed by atoms with Crippen molar-refractivity contribution in [3.63, 3.8) is 0 Å². The van der Waals surface area contributed by atoms with Crippen LogP contribution in [0.5, 0.6) is 11.5 Å². The first kappa shape index (κ1) is 36.2. The molecule has 0 saturated carbocycles. The number of para-hydroxylation sites is 2. The second-order valence-electron chi connectivity index (χ2n) is 13.8. The molecule has 12 nitrogen and oxygen atoms in total. The topological polar surface area (TPSA) is 185 Å². The summed E-state index contributed by atoms with van der Waals surface area (Å²) in [5.74, 6) is 0.526. The lowest BCUT2D eigenvalue weighted by Gasteiger charge is -2.31. The Morgan fingerprint density at radius 2 is 1.16 bits per heavy atom. The number of aliphatic hydroxyl groups is 1. The molecule has 1 aliphatic rings. The lowest BCUT2D eigenvalue weighted by Crippen LogP contribution is -2.33. The van der Waals surface area contributed by atoms with Crippen molar-refractivity contribution in [2.24, 2.45) is 5.92 Å². The molecule has 0 amide bonds. The molecule has 1 aliphatic heterocycles. The van der Waals surface area contributed by atoms with E-state index in [4.69, 9.17) is 17.7 Å². The van der Waals surface area contributed by atoms with Gasteiger partial charge in [0.15, 0.2) is 0 Å². The summed E-state index contributed by atoms with van der Waals surface area (Å²) in [6.07, 6.45) is 2.75. The third kappa shape index (κ3) is 7.22. The van der Waals surface area contributed by atoms with Gasteiger partial charge in [-0.1, -0.05) is 36.4 Å². The number of rotatable bonds is 6. The molecule has 5 heterocycles. The van der Waals surface area contributed by atoms with Crippen LogP contribution in [0.4, 0.5) is 0 Å². The maximum absolute atomic E-state index is 12.8. The van der Waals surface area contributed by atoms with Crippen LogP contribution in [-0.4, -0.2) is 39.9 Å². The SMILES string of the molecule is O=c1cc(-c2cc3ccccc3oc2=O)c2ccc(O)c(CN3CCC(CCO)CC3)c2o1.O=c1cc(-c2cc3ccccc3oc2=O)c2ccc(O)cc2o1. The van der Waals surface area contributed by atoms with Gasteiger partial charge in [0, 0.05) is 64.0 Å². The maximum Gasteiger partial charge on any atom is 0.344 e. The normalized spacial score (nSPS) is 13.7. The van der Waals surface area contributed by atoms with Crippen LogP contribution in [0.1, 0.15) is 24.8 Å². The number of fused-ring (bicyclic) bond motifs is 4. The molecule has 0 spiro atoms. The van der Waals surface area contributed by atoms with Gasteiger partial charge in [-0.15, -0.1) is 0 Å². The molecule has 12 heteroatoms. The first-order valence-electron chi connectivity index (χ1n) is 18.1. The van der Waals surface area contributed by atoms with Crippen LogP contribution in [0.2, 0.25) is 0 Å². The van der Waals surface area contributed by atoms with Crippen LogP contribution >= 0.6 is 0 Å². The Hall–Kier alpha value is -6.76. The van der Waals surface area contributed by atoms with Crippen molar-refractivity contribution in [2.45, 2.75) is 25.8 Å². The van der Waals surface area contributed by atoms with Gasteiger partial charge in [-0.3, -0.25) is 4.90 Å². The third-order valence-electron chi connectivity index (χ3n) is 10.2. The van der Waals surface area contributed by atoms with Crippen LogP contribution in [0.3, 0.4) is 0 Å². The number of aliphatic hydroxyl groups excluding tert-OH is 1. The number of hydrogen-bond donors (Lipinski definition) is 3. The van der Waals surface area contributed by atoms with Crippen molar-refractivity contribution in [1.82, 2.24) is 4.90 Å². The Kier molecular flexibility index (Phi) is 9.81. The summed E-state index contributed by atoms with van der Waals surface area (Å²) in [6.45, 7) is 2.29. The van der Waals surface area contributed by atoms with Gasteiger partial charge >= 0.3 is 22.5 Å². The Morgan fingerprint density at radius 1 is 0.589 bits per heavy atom. The Bertz CT molecular complexity index is 3000. The van der Waals surface area contributed by atoms with Crippen LogP contribution < -0.4 is 22.5 Å². The summed E-state index contributed by atoms with van der Waals surface area (Å²) in [5.41, 5.74) is 1.06. The van der Waals surface area contributed by atoms with Crippen molar-refractivity contribution in [3.8, 4) is 33.8 Å². The first-order valence-corrected chi connectivity index (χ1v) is 18.1. The molecule has 8 aromatic rings. The van der Waals surface area contributed by atoms with E-state index in [0.29, 0.717) is 51.1 Å². The van der Waals surface area contributed by atoms with Crippen molar-refractivity contribution in [1.29, 1.82) is 0 Å². The summed E-state index contributed by atoms with van der Waals surface area (Å²) in [6, 6.07) is 27.9. The molecule has 4 aromatic carbocycles. The smallest absolute Gasteiger partial charge is 0.344 e. The van der Waals surface area contributed by atoms with Crippen LogP contribution in [0.15, 0.2) is 140 Å². The number of piperidine rings is 1. The number of phenols is 2. The van der Waals surface area contributed by atoms with Gasteiger partial charge in [-0.25, -0.2) is 19.2 Å². The van der Waals surface area contributed by atoms with E-state index in [2.05, 4.69) is 4.90 Å². The summed E-state index contributed by atoms with van der Waals surface area (Å²) in [4.78, 5) is 51.6. The highest BCUT2D eigenvalue weighted by atomic mass is 16.4.